The van der Waals surface area contributed by atoms with Gasteiger partial charge in [0.2, 0.25) is 0 Å². The lowest BCUT2D eigenvalue weighted by atomic mass is 10.0. The van der Waals surface area contributed by atoms with Crippen LogP contribution in [0.5, 0.6) is 5.75 Å². The van der Waals surface area contributed by atoms with Gasteiger partial charge in [0.1, 0.15) is 5.75 Å². The summed E-state index contributed by atoms with van der Waals surface area (Å²) in [5, 5.41) is 3.37. The Kier molecular flexibility index (Phi) is 6.48. The van der Waals surface area contributed by atoms with Crippen LogP contribution in [0.3, 0.4) is 0 Å². The second-order valence-electron chi connectivity index (χ2n) is 5.44. The number of benzene rings is 2. The molecule has 122 valence electrons. The molecule has 1 amide bonds. The maximum Gasteiger partial charge on any atom is 0.257 e. The molecule has 0 saturated carbocycles. The molecule has 23 heavy (non-hydrogen) atoms. The Bertz CT molecular complexity index is 653. The first-order valence-corrected chi connectivity index (χ1v) is 8.54. The highest BCUT2D eigenvalue weighted by molar-refractivity contribution is 9.10. The molecule has 0 aromatic heterocycles. The van der Waals surface area contributed by atoms with Gasteiger partial charge in [-0.25, -0.2) is 0 Å². The van der Waals surface area contributed by atoms with Crippen molar-refractivity contribution >= 4 is 33.4 Å². The Hall–Kier alpha value is -1.52. The standard InChI is InChI=1S/C18H19BrClNO2/c1-12-8-15(19)9-16(20)18(12)23-11-17(22)21-10-13(2)14-6-4-3-5-7-14/h3-9,13H,10-11H2,1-2H3,(H,21,22)/t13-/m1/s1. The lowest BCUT2D eigenvalue weighted by Crippen LogP contribution is -2.32. The maximum absolute atomic E-state index is 12.0. The van der Waals surface area contributed by atoms with Crippen LogP contribution >= 0.6 is 27.5 Å². The first-order chi connectivity index (χ1) is 11.0. The van der Waals surface area contributed by atoms with Gasteiger partial charge in [-0.1, -0.05) is 64.8 Å². The van der Waals surface area contributed by atoms with Crippen LogP contribution in [-0.4, -0.2) is 19.1 Å². The van der Waals surface area contributed by atoms with Gasteiger partial charge in [-0.3, -0.25) is 4.79 Å². The molecule has 0 aliphatic carbocycles. The Balaban J connectivity index is 1.84. The highest BCUT2D eigenvalue weighted by Gasteiger charge is 2.11. The molecule has 0 spiro atoms. The molecule has 0 aliphatic rings. The summed E-state index contributed by atoms with van der Waals surface area (Å²) in [6, 6.07) is 13.7. The minimum absolute atomic E-state index is 0.0519. The van der Waals surface area contributed by atoms with E-state index in [1.54, 1.807) is 6.07 Å². The molecule has 0 fully saturated rings. The van der Waals surface area contributed by atoms with E-state index in [0.29, 0.717) is 17.3 Å². The highest BCUT2D eigenvalue weighted by atomic mass is 79.9. The summed E-state index contributed by atoms with van der Waals surface area (Å²) in [5.41, 5.74) is 2.08. The molecule has 0 bridgehead atoms. The summed E-state index contributed by atoms with van der Waals surface area (Å²) in [4.78, 5) is 12.0. The summed E-state index contributed by atoms with van der Waals surface area (Å²) >= 11 is 9.51. The second-order valence-corrected chi connectivity index (χ2v) is 6.76. The van der Waals surface area contributed by atoms with E-state index < -0.39 is 0 Å². The van der Waals surface area contributed by atoms with Crippen molar-refractivity contribution in [3.63, 3.8) is 0 Å². The van der Waals surface area contributed by atoms with E-state index in [2.05, 4.69) is 40.3 Å². The highest BCUT2D eigenvalue weighted by Crippen LogP contribution is 2.31. The van der Waals surface area contributed by atoms with E-state index in [1.165, 1.54) is 5.56 Å². The third-order valence-corrected chi connectivity index (χ3v) is 4.25. The summed E-state index contributed by atoms with van der Waals surface area (Å²) in [6.07, 6.45) is 0. The molecule has 0 aliphatic heterocycles. The van der Waals surface area contributed by atoms with Crippen molar-refractivity contribution in [2.45, 2.75) is 19.8 Å². The Morgan fingerprint density at radius 1 is 1.30 bits per heavy atom. The first-order valence-electron chi connectivity index (χ1n) is 7.37. The summed E-state index contributed by atoms with van der Waals surface area (Å²) in [6.45, 7) is 4.48. The van der Waals surface area contributed by atoms with Gasteiger partial charge >= 0.3 is 0 Å². The van der Waals surface area contributed by atoms with Crippen molar-refractivity contribution in [2.24, 2.45) is 0 Å². The molecule has 5 heteroatoms. The number of rotatable bonds is 6. The zero-order chi connectivity index (χ0) is 16.8. The van der Waals surface area contributed by atoms with Crippen molar-refractivity contribution in [2.75, 3.05) is 13.2 Å². The maximum atomic E-state index is 12.0. The van der Waals surface area contributed by atoms with Crippen molar-refractivity contribution in [1.82, 2.24) is 5.32 Å². The van der Waals surface area contributed by atoms with Crippen LogP contribution in [0.25, 0.3) is 0 Å². The Morgan fingerprint density at radius 2 is 2.00 bits per heavy atom. The summed E-state index contributed by atoms with van der Waals surface area (Å²) in [5.74, 6) is 0.630. The van der Waals surface area contributed by atoms with E-state index in [-0.39, 0.29) is 18.4 Å². The fourth-order valence-electron chi connectivity index (χ4n) is 2.23. The zero-order valence-electron chi connectivity index (χ0n) is 13.1. The van der Waals surface area contributed by atoms with E-state index in [1.807, 2.05) is 31.2 Å². The van der Waals surface area contributed by atoms with Crippen LogP contribution in [0.1, 0.15) is 24.0 Å². The number of carbonyl (C=O) groups excluding carboxylic acids is 1. The van der Waals surface area contributed by atoms with Gasteiger partial charge in [0, 0.05) is 11.0 Å². The van der Waals surface area contributed by atoms with Gasteiger partial charge in [-0.05, 0) is 36.1 Å². The van der Waals surface area contributed by atoms with Crippen molar-refractivity contribution in [1.29, 1.82) is 0 Å². The number of hydrogen-bond acceptors (Lipinski definition) is 2. The number of amides is 1. The lowest BCUT2D eigenvalue weighted by Gasteiger charge is -2.14. The summed E-state index contributed by atoms with van der Waals surface area (Å²) < 4.78 is 6.44. The molecular formula is C18H19BrClNO2. The average molecular weight is 397 g/mol. The second kappa shape index (κ2) is 8.37. The van der Waals surface area contributed by atoms with E-state index in [4.69, 9.17) is 16.3 Å². The summed E-state index contributed by atoms with van der Waals surface area (Å²) in [7, 11) is 0. The van der Waals surface area contributed by atoms with Gasteiger partial charge in [0.15, 0.2) is 6.61 Å². The Labute approximate surface area is 150 Å². The van der Waals surface area contributed by atoms with Gasteiger partial charge < -0.3 is 10.1 Å². The first kappa shape index (κ1) is 17.8. The number of halogens is 2. The number of aryl methyl sites for hydroxylation is 1. The molecule has 0 heterocycles. The van der Waals surface area contributed by atoms with E-state index in [0.717, 1.165) is 10.0 Å². The predicted molar refractivity (Wildman–Crippen MR) is 97.3 cm³/mol. The molecule has 0 saturated heterocycles. The molecule has 3 nitrogen and oxygen atoms in total. The molecule has 2 aromatic rings. The molecule has 2 aromatic carbocycles. The topological polar surface area (TPSA) is 38.3 Å². The number of nitrogens with one attached hydrogen (secondary N) is 1. The monoisotopic (exact) mass is 395 g/mol. The van der Waals surface area contributed by atoms with E-state index >= 15 is 0 Å². The van der Waals surface area contributed by atoms with Crippen molar-refractivity contribution in [3.05, 3.63) is 63.1 Å². The van der Waals surface area contributed by atoms with Gasteiger partial charge in [-0.15, -0.1) is 0 Å². The normalized spacial score (nSPS) is 11.8. The SMILES string of the molecule is Cc1cc(Br)cc(Cl)c1OCC(=O)NC[C@@H](C)c1ccccc1. The average Bonchev–Trinajstić information content (AvgIpc) is 2.52. The molecule has 2 rings (SSSR count). The molecule has 1 N–H and O–H groups in total. The molecule has 0 unspecified atom stereocenters. The fourth-order valence-corrected chi connectivity index (χ4v) is 3.25. The Morgan fingerprint density at radius 3 is 2.65 bits per heavy atom. The van der Waals surface area contributed by atoms with Crippen LogP contribution in [0.4, 0.5) is 0 Å². The molecule has 1 atom stereocenters. The van der Waals surface area contributed by atoms with Crippen LogP contribution in [0.2, 0.25) is 5.02 Å². The van der Waals surface area contributed by atoms with Crippen molar-refractivity contribution in [3.8, 4) is 5.75 Å². The van der Waals surface area contributed by atoms with Crippen molar-refractivity contribution < 1.29 is 9.53 Å². The third-order valence-electron chi connectivity index (χ3n) is 3.52. The fraction of sp³-hybridized carbons (Fsp3) is 0.278. The quantitative estimate of drug-likeness (QED) is 0.768. The van der Waals surface area contributed by atoms with Gasteiger partial charge in [0.05, 0.1) is 5.02 Å². The lowest BCUT2D eigenvalue weighted by molar-refractivity contribution is -0.123. The predicted octanol–water partition coefficient (Wildman–Crippen LogP) is 4.71. The zero-order valence-corrected chi connectivity index (χ0v) is 15.4. The minimum atomic E-state index is -0.161. The van der Waals surface area contributed by atoms with Gasteiger partial charge in [0.25, 0.3) is 5.91 Å². The third kappa shape index (κ3) is 5.26. The molecule has 0 radical (unpaired) electrons. The van der Waals surface area contributed by atoms with Gasteiger partial charge in [-0.2, -0.15) is 0 Å². The van der Waals surface area contributed by atoms with Crippen LogP contribution in [0.15, 0.2) is 46.9 Å². The minimum Gasteiger partial charge on any atom is -0.482 e. The smallest absolute Gasteiger partial charge is 0.257 e. The number of carbonyl (C=O) groups is 1. The number of ether oxygens (including phenoxy) is 1. The van der Waals surface area contributed by atoms with E-state index in [9.17, 15) is 4.79 Å². The van der Waals surface area contributed by atoms with Crippen LogP contribution < -0.4 is 10.1 Å². The van der Waals surface area contributed by atoms with Crippen LogP contribution in [-0.2, 0) is 4.79 Å². The molecular weight excluding hydrogens is 378 g/mol. The number of hydrogen-bond donors (Lipinski definition) is 1. The largest absolute Gasteiger partial charge is 0.482 e. The van der Waals surface area contributed by atoms with Crippen LogP contribution in [0, 0.1) is 6.92 Å².